The Labute approximate surface area is 177 Å². The van der Waals surface area contributed by atoms with Crippen LogP contribution in [0.5, 0.6) is 0 Å². The number of nitrogens with zero attached hydrogens (tertiary/aromatic N) is 2. The van der Waals surface area contributed by atoms with Gasteiger partial charge in [0.05, 0.1) is 16.2 Å². The number of amides is 3. The van der Waals surface area contributed by atoms with Crippen LogP contribution in [0.3, 0.4) is 0 Å². The zero-order valence-electron chi connectivity index (χ0n) is 15.5. The molecule has 2 aliphatic rings. The van der Waals surface area contributed by atoms with E-state index >= 15 is 0 Å². The van der Waals surface area contributed by atoms with Crippen molar-refractivity contribution in [2.24, 2.45) is 0 Å². The Bertz CT molecular complexity index is 1070. The molecule has 0 atom stereocenters. The molecular weight excluding hydrogens is 406 g/mol. The predicted molar refractivity (Wildman–Crippen MR) is 118 cm³/mol. The smallest absolute Gasteiger partial charge is 0.266 e. The topological polar surface area (TPSA) is 69.7 Å². The first-order valence-corrected chi connectivity index (χ1v) is 10.3. The highest BCUT2D eigenvalue weighted by atomic mass is 32.2. The van der Waals surface area contributed by atoms with Gasteiger partial charge in [0.2, 0.25) is 5.91 Å². The van der Waals surface area contributed by atoms with Gasteiger partial charge in [0.15, 0.2) is 0 Å². The van der Waals surface area contributed by atoms with E-state index in [4.69, 9.17) is 12.2 Å². The fourth-order valence-corrected chi connectivity index (χ4v) is 4.80. The molecule has 6 nitrogen and oxygen atoms in total. The molecule has 2 aromatic carbocycles. The summed E-state index contributed by atoms with van der Waals surface area (Å²) in [4.78, 5) is 41.8. The van der Waals surface area contributed by atoms with Gasteiger partial charge in [0, 0.05) is 17.8 Å². The molecule has 0 radical (unpaired) electrons. The summed E-state index contributed by atoms with van der Waals surface area (Å²) in [5.41, 5.74) is 2.21. The minimum Gasteiger partial charge on any atom is -0.325 e. The fraction of sp³-hybridized carbons (Fsp3) is 0.143. The van der Waals surface area contributed by atoms with E-state index in [0.717, 1.165) is 11.8 Å². The number of fused-ring (bicyclic) bond motifs is 1. The molecule has 3 amide bonds. The summed E-state index contributed by atoms with van der Waals surface area (Å²) in [7, 11) is 0. The van der Waals surface area contributed by atoms with E-state index in [9.17, 15) is 14.4 Å². The standard InChI is InChI=1S/C21H17N3O3S2/c1-2-23-20(27)18(29-21(23)28)17-14-10-6-7-11-15(14)24(19(17)26)12-16(25)22-13-8-4-3-5-9-13/h3-11H,2,12H2,1H3,(H,22,25)/b18-17-. The Morgan fingerprint density at radius 3 is 2.38 bits per heavy atom. The van der Waals surface area contributed by atoms with Crippen molar-refractivity contribution < 1.29 is 14.4 Å². The van der Waals surface area contributed by atoms with Gasteiger partial charge in [0.25, 0.3) is 11.8 Å². The second-order valence-corrected chi connectivity index (χ2v) is 8.09. The summed E-state index contributed by atoms with van der Waals surface area (Å²) in [5.74, 6) is -0.955. The van der Waals surface area contributed by atoms with Crippen LogP contribution in [0.1, 0.15) is 12.5 Å². The van der Waals surface area contributed by atoms with Crippen LogP contribution in [0.25, 0.3) is 5.57 Å². The van der Waals surface area contributed by atoms with Crippen molar-refractivity contribution >= 4 is 63.0 Å². The number of hydrogen-bond acceptors (Lipinski definition) is 5. The molecule has 0 bridgehead atoms. The maximum Gasteiger partial charge on any atom is 0.266 e. The van der Waals surface area contributed by atoms with Crippen LogP contribution in [0.2, 0.25) is 0 Å². The number of thioether (sulfide) groups is 1. The molecule has 0 unspecified atom stereocenters. The maximum absolute atomic E-state index is 13.2. The molecule has 1 saturated heterocycles. The Balaban J connectivity index is 1.67. The van der Waals surface area contributed by atoms with Crippen LogP contribution < -0.4 is 10.2 Å². The highest BCUT2D eigenvalue weighted by molar-refractivity contribution is 8.26. The van der Waals surface area contributed by atoms with Crippen molar-refractivity contribution in [1.29, 1.82) is 0 Å². The number of benzene rings is 2. The molecule has 2 heterocycles. The summed E-state index contributed by atoms with van der Waals surface area (Å²) < 4.78 is 0.436. The lowest BCUT2D eigenvalue weighted by molar-refractivity contribution is -0.122. The maximum atomic E-state index is 13.2. The van der Waals surface area contributed by atoms with Crippen molar-refractivity contribution in [3.8, 4) is 0 Å². The molecule has 0 aliphatic carbocycles. The van der Waals surface area contributed by atoms with Gasteiger partial charge < -0.3 is 5.32 Å². The molecule has 29 heavy (non-hydrogen) atoms. The number of rotatable bonds is 4. The summed E-state index contributed by atoms with van der Waals surface area (Å²) in [6.45, 7) is 2.13. The first-order valence-electron chi connectivity index (χ1n) is 9.05. The van der Waals surface area contributed by atoms with E-state index in [1.165, 1.54) is 9.80 Å². The van der Waals surface area contributed by atoms with E-state index in [-0.39, 0.29) is 24.3 Å². The Kier molecular flexibility index (Phi) is 5.21. The number of nitrogens with one attached hydrogen (secondary N) is 1. The third-order valence-corrected chi connectivity index (χ3v) is 6.12. The number of anilines is 2. The molecule has 2 aliphatic heterocycles. The van der Waals surface area contributed by atoms with Crippen LogP contribution in [0, 0.1) is 0 Å². The molecule has 4 rings (SSSR count). The first-order chi connectivity index (χ1) is 14.0. The largest absolute Gasteiger partial charge is 0.325 e. The van der Waals surface area contributed by atoms with Crippen LogP contribution in [-0.2, 0) is 14.4 Å². The molecule has 1 N–H and O–H groups in total. The van der Waals surface area contributed by atoms with Crippen LogP contribution in [-0.4, -0.2) is 40.0 Å². The van der Waals surface area contributed by atoms with Crippen molar-refractivity contribution in [2.75, 3.05) is 23.3 Å². The molecule has 0 saturated carbocycles. The van der Waals surface area contributed by atoms with E-state index < -0.39 is 0 Å². The van der Waals surface area contributed by atoms with E-state index in [1.807, 2.05) is 25.1 Å². The van der Waals surface area contributed by atoms with Crippen molar-refractivity contribution in [2.45, 2.75) is 6.92 Å². The molecular formula is C21H17N3O3S2. The van der Waals surface area contributed by atoms with Crippen molar-refractivity contribution in [1.82, 2.24) is 4.90 Å². The Morgan fingerprint density at radius 1 is 1.00 bits per heavy atom. The normalized spacial score (nSPS) is 18.4. The minimum atomic E-state index is -0.369. The number of thiocarbonyl (C=S) groups is 1. The van der Waals surface area contributed by atoms with Crippen LogP contribution >= 0.6 is 24.0 Å². The summed E-state index contributed by atoms with van der Waals surface area (Å²) in [6, 6.07) is 16.2. The number of hydrogen-bond donors (Lipinski definition) is 1. The average molecular weight is 424 g/mol. The SMILES string of the molecule is CCN1C(=O)/C(=C2/C(=O)N(CC(=O)Nc3ccccc3)c3ccccc32)SC1=S. The zero-order valence-corrected chi connectivity index (χ0v) is 17.2. The number of carbonyl (C=O) groups is 3. The molecule has 2 aromatic rings. The fourth-order valence-electron chi connectivity index (χ4n) is 3.34. The van der Waals surface area contributed by atoms with Gasteiger partial charge in [-0.3, -0.25) is 24.2 Å². The minimum absolute atomic E-state index is 0.150. The summed E-state index contributed by atoms with van der Waals surface area (Å²) in [5, 5.41) is 2.79. The van der Waals surface area contributed by atoms with Gasteiger partial charge in [-0.25, -0.2) is 0 Å². The number of likely N-dealkylation sites (N-methyl/N-ethyl adjacent to an activating group) is 1. The van der Waals surface area contributed by atoms with Gasteiger partial charge in [0.1, 0.15) is 10.9 Å². The van der Waals surface area contributed by atoms with Gasteiger partial charge in [-0.15, -0.1) is 0 Å². The summed E-state index contributed by atoms with van der Waals surface area (Å²) in [6.07, 6.45) is 0. The lowest BCUT2D eigenvalue weighted by Gasteiger charge is -2.16. The lowest BCUT2D eigenvalue weighted by Crippen LogP contribution is -2.35. The Hall–Kier alpha value is -2.97. The molecule has 146 valence electrons. The van der Waals surface area contributed by atoms with E-state index in [1.54, 1.807) is 36.4 Å². The zero-order chi connectivity index (χ0) is 20.5. The highest BCUT2D eigenvalue weighted by Crippen LogP contribution is 2.44. The number of para-hydroxylation sites is 2. The molecule has 0 aromatic heterocycles. The third kappa shape index (κ3) is 3.45. The van der Waals surface area contributed by atoms with Crippen LogP contribution in [0.4, 0.5) is 11.4 Å². The highest BCUT2D eigenvalue weighted by Gasteiger charge is 2.41. The van der Waals surface area contributed by atoms with E-state index in [0.29, 0.717) is 38.3 Å². The quantitative estimate of drug-likeness (QED) is 0.604. The molecule has 0 spiro atoms. The summed E-state index contributed by atoms with van der Waals surface area (Å²) >= 11 is 6.42. The van der Waals surface area contributed by atoms with Gasteiger partial charge >= 0.3 is 0 Å². The van der Waals surface area contributed by atoms with Crippen molar-refractivity contribution in [3.05, 3.63) is 65.1 Å². The first kappa shape index (κ1) is 19.4. The molecule has 8 heteroatoms. The third-order valence-electron chi connectivity index (χ3n) is 4.67. The predicted octanol–water partition coefficient (Wildman–Crippen LogP) is 3.26. The van der Waals surface area contributed by atoms with Crippen molar-refractivity contribution in [3.63, 3.8) is 0 Å². The van der Waals surface area contributed by atoms with Gasteiger partial charge in [-0.05, 0) is 25.1 Å². The monoisotopic (exact) mass is 423 g/mol. The van der Waals surface area contributed by atoms with Crippen LogP contribution in [0.15, 0.2) is 59.5 Å². The second-order valence-electron chi connectivity index (χ2n) is 6.44. The van der Waals surface area contributed by atoms with E-state index in [2.05, 4.69) is 5.32 Å². The number of carbonyl (C=O) groups excluding carboxylic acids is 3. The molecule has 1 fully saturated rings. The lowest BCUT2D eigenvalue weighted by atomic mass is 10.1. The Morgan fingerprint density at radius 2 is 1.69 bits per heavy atom. The van der Waals surface area contributed by atoms with Gasteiger partial charge in [-0.2, -0.15) is 0 Å². The van der Waals surface area contributed by atoms with Gasteiger partial charge in [-0.1, -0.05) is 60.4 Å². The average Bonchev–Trinajstić information content (AvgIpc) is 3.15. The second kappa shape index (κ2) is 7.81.